The number of nitrogens with one attached hydrogen (secondary N) is 1. The van der Waals surface area contributed by atoms with E-state index in [1.807, 2.05) is 0 Å². The molecule has 0 saturated heterocycles. The molecule has 4 rings (SSSR count). The first-order chi connectivity index (χ1) is 11.8. The number of nitrogens with two attached hydrogens (primary N) is 1. The van der Waals surface area contributed by atoms with E-state index in [0.717, 1.165) is 28.8 Å². The molecule has 7 nitrogen and oxygen atoms in total. The third-order valence-electron chi connectivity index (χ3n) is 4.33. The summed E-state index contributed by atoms with van der Waals surface area (Å²) in [5, 5.41) is 3.22. The lowest BCUT2D eigenvalue weighted by Gasteiger charge is -2.33. The van der Waals surface area contributed by atoms with Crippen molar-refractivity contribution < 1.29 is 4.79 Å². The van der Waals surface area contributed by atoms with Gasteiger partial charge in [-0.15, -0.1) is 0 Å². The van der Waals surface area contributed by atoms with Gasteiger partial charge in [0.15, 0.2) is 5.13 Å². The van der Waals surface area contributed by atoms with Crippen LogP contribution >= 0.6 is 22.9 Å². The van der Waals surface area contributed by atoms with E-state index < -0.39 is 0 Å². The van der Waals surface area contributed by atoms with Crippen molar-refractivity contribution >= 4 is 51.2 Å². The van der Waals surface area contributed by atoms with E-state index in [-0.39, 0.29) is 17.3 Å². The van der Waals surface area contributed by atoms with Gasteiger partial charge in [-0.1, -0.05) is 36.8 Å². The Hall–Kier alpha value is -2.32. The average molecular weight is 375 g/mol. The standard InChI is InChI=1S/C16H15ClN6OS/c1-16(2)3-7-4-20-14(18)22-11(7)8-5-19-12(10(8)16)13(24)23-15-21-6-9(17)25-15/h4,6H,3,5H2,1-2H3,(H2,18,20,22)(H,21,23,24). The molecule has 2 aromatic heterocycles. The van der Waals surface area contributed by atoms with Crippen LogP contribution in [-0.2, 0) is 11.2 Å². The second kappa shape index (κ2) is 5.60. The number of anilines is 2. The van der Waals surface area contributed by atoms with Crippen molar-refractivity contribution in [2.75, 3.05) is 17.6 Å². The van der Waals surface area contributed by atoms with Crippen molar-refractivity contribution in [1.29, 1.82) is 0 Å². The van der Waals surface area contributed by atoms with Crippen LogP contribution in [0.3, 0.4) is 0 Å². The van der Waals surface area contributed by atoms with Crippen LogP contribution in [0.1, 0.15) is 25.1 Å². The maximum atomic E-state index is 12.7. The summed E-state index contributed by atoms with van der Waals surface area (Å²) in [6, 6.07) is 0. The highest BCUT2D eigenvalue weighted by Crippen LogP contribution is 2.45. The van der Waals surface area contributed by atoms with Crippen molar-refractivity contribution in [1.82, 2.24) is 15.0 Å². The first-order valence-electron chi connectivity index (χ1n) is 7.68. The van der Waals surface area contributed by atoms with Crippen molar-refractivity contribution in [2.24, 2.45) is 10.4 Å². The Labute approximate surface area is 153 Å². The van der Waals surface area contributed by atoms with Crippen LogP contribution < -0.4 is 11.1 Å². The van der Waals surface area contributed by atoms with E-state index in [2.05, 4.69) is 39.1 Å². The topological polar surface area (TPSA) is 106 Å². The highest BCUT2D eigenvalue weighted by atomic mass is 35.5. The summed E-state index contributed by atoms with van der Waals surface area (Å²) < 4.78 is 0.516. The molecule has 1 aliphatic heterocycles. The number of fused-ring (bicyclic) bond motifs is 2. The molecule has 9 heteroatoms. The summed E-state index contributed by atoms with van der Waals surface area (Å²) in [4.78, 5) is 29.7. The molecule has 0 spiro atoms. The highest BCUT2D eigenvalue weighted by Gasteiger charge is 2.41. The number of aromatic nitrogens is 3. The normalized spacial score (nSPS) is 17.8. The number of thiazole rings is 1. The van der Waals surface area contributed by atoms with Crippen molar-refractivity contribution in [3.05, 3.63) is 33.6 Å². The Morgan fingerprint density at radius 2 is 2.16 bits per heavy atom. The third kappa shape index (κ3) is 2.71. The summed E-state index contributed by atoms with van der Waals surface area (Å²) in [7, 11) is 0. The second-order valence-electron chi connectivity index (χ2n) is 6.60. The molecule has 2 aromatic rings. The largest absolute Gasteiger partial charge is 0.368 e. The third-order valence-corrected chi connectivity index (χ3v) is 5.36. The molecule has 0 unspecified atom stereocenters. The summed E-state index contributed by atoms with van der Waals surface area (Å²) in [6.07, 6.45) is 3.99. The minimum atomic E-state index is -0.283. The lowest BCUT2D eigenvalue weighted by Crippen LogP contribution is -2.33. The maximum absolute atomic E-state index is 12.7. The zero-order valence-corrected chi connectivity index (χ0v) is 15.2. The minimum absolute atomic E-state index is 0.223. The van der Waals surface area contributed by atoms with Gasteiger partial charge in [-0.05, 0) is 23.0 Å². The lowest BCUT2D eigenvalue weighted by molar-refractivity contribution is -0.110. The molecule has 0 radical (unpaired) electrons. The minimum Gasteiger partial charge on any atom is -0.368 e. The Morgan fingerprint density at radius 1 is 1.36 bits per heavy atom. The molecule has 0 atom stereocenters. The van der Waals surface area contributed by atoms with Crippen LogP contribution in [0.15, 0.2) is 23.0 Å². The molecule has 0 bridgehead atoms. The number of halogens is 1. The van der Waals surface area contributed by atoms with Gasteiger partial charge < -0.3 is 5.73 Å². The number of aliphatic imine (C=N–C) groups is 1. The van der Waals surface area contributed by atoms with Gasteiger partial charge in [0.1, 0.15) is 10.0 Å². The molecule has 1 aliphatic carbocycles. The van der Waals surface area contributed by atoms with Gasteiger partial charge in [0, 0.05) is 11.8 Å². The summed E-state index contributed by atoms with van der Waals surface area (Å²) in [6.45, 7) is 4.59. The zero-order chi connectivity index (χ0) is 17.8. The number of hydrogen-bond acceptors (Lipinski definition) is 7. The quantitative estimate of drug-likeness (QED) is 0.840. The first kappa shape index (κ1) is 16.2. The monoisotopic (exact) mass is 374 g/mol. The molecular weight excluding hydrogens is 360 g/mol. The Kier molecular flexibility index (Phi) is 3.62. The second-order valence-corrected chi connectivity index (χ2v) is 8.27. The first-order valence-corrected chi connectivity index (χ1v) is 8.87. The number of carbonyl (C=O) groups excluding carboxylic acids is 1. The van der Waals surface area contributed by atoms with Crippen LogP contribution in [0, 0.1) is 5.41 Å². The summed E-state index contributed by atoms with van der Waals surface area (Å²) in [5.74, 6) is -0.0600. The number of nitrogen functional groups attached to an aromatic ring is 1. The van der Waals surface area contributed by atoms with Gasteiger partial charge in [0.05, 0.1) is 18.4 Å². The SMILES string of the molecule is CC1(C)Cc2cnc(N)nc2C2=C1C(C(=O)Nc1ncc(Cl)s1)=NC2. The van der Waals surface area contributed by atoms with Crippen LogP contribution in [0.4, 0.5) is 11.1 Å². The summed E-state index contributed by atoms with van der Waals surface area (Å²) >= 11 is 7.08. The Bertz CT molecular complexity index is 961. The van der Waals surface area contributed by atoms with Crippen molar-refractivity contribution in [3.63, 3.8) is 0 Å². The molecule has 3 N–H and O–H groups in total. The maximum Gasteiger partial charge on any atom is 0.275 e. The summed E-state index contributed by atoms with van der Waals surface area (Å²) in [5.41, 5.74) is 9.61. The molecule has 128 valence electrons. The number of nitrogens with zero attached hydrogens (tertiary/aromatic N) is 4. The van der Waals surface area contributed by atoms with Gasteiger partial charge >= 0.3 is 0 Å². The average Bonchev–Trinajstić information content (AvgIpc) is 3.15. The van der Waals surface area contributed by atoms with Crippen molar-refractivity contribution in [2.45, 2.75) is 20.3 Å². The molecule has 1 amide bonds. The van der Waals surface area contributed by atoms with E-state index in [4.69, 9.17) is 17.3 Å². The van der Waals surface area contributed by atoms with Crippen LogP contribution in [-0.4, -0.2) is 33.1 Å². The van der Waals surface area contributed by atoms with Gasteiger partial charge in [-0.2, -0.15) is 0 Å². The number of rotatable bonds is 2. The van der Waals surface area contributed by atoms with Crippen LogP contribution in [0.2, 0.25) is 4.34 Å². The van der Waals surface area contributed by atoms with E-state index in [0.29, 0.717) is 21.7 Å². The number of carbonyl (C=O) groups is 1. The lowest BCUT2D eigenvalue weighted by atomic mass is 9.70. The highest BCUT2D eigenvalue weighted by molar-refractivity contribution is 7.19. The molecular formula is C16H15ClN6OS. The van der Waals surface area contributed by atoms with Gasteiger partial charge in [0.25, 0.3) is 5.91 Å². The van der Waals surface area contributed by atoms with Crippen LogP contribution in [0.5, 0.6) is 0 Å². The predicted molar refractivity (Wildman–Crippen MR) is 98.9 cm³/mol. The molecule has 3 heterocycles. The van der Waals surface area contributed by atoms with Gasteiger partial charge in [-0.3, -0.25) is 15.1 Å². The molecule has 0 aromatic carbocycles. The van der Waals surface area contributed by atoms with E-state index >= 15 is 0 Å². The molecule has 0 fully saturated rings. The van der Waals surface area contributed by atoms with Crippen molar-refractivity contribution in [3.8, 4) is 0 Å². The van der Waals surface area contributed by atoms with Gasteiger partial charge in [-0.25, -0.2) is 15.0 Å². The fourth-order valence-electron chi connectivity index (χ4n) is 3.41. The van der Waals surface area contributed by atoms with Crippen LogP contribution in [0.25, 0.3) is 5.57 Å². The molecule has 25 heavy (non-hydrogen) atoms. The van der Waals surface area contributed by atoms with E-state index in [9.17, 15) is 4.79 Å². The fraction of sp³-hybridized carbons (Fsp3) is 0.312. The zero-order valence-electron chi connectivity index (χ0n) is 13.6. The Morgan fingerprint density at radius 3 is 2.88 bits per heavy atom. The number of amides is 1. The predicted octanol–water partition coefficient (Wildman–Crippen LogP) is 2.60. The van der Waals surface area contributed by atoms with E-state index in [1.165, 1.54) is 17.5 Å². The molecule has 2 aliphatic rings. The van der Waals surface area contributed by atoms with Gasteiger partial charge in [0.2, 0.25) is 5.95 Å². The molecule has 0 saturated carbocycles. The number of hydrogen-bond donors (Lipinski definition) is 2. The fourth-order valence-corrected chi connectivity index (χ4v) is 4.22. The smallest absolute Gasteiger partial charge is 0.275 e. The Balaban J connectivity index is 1.73. The van der Waals surface area contributed by atoms with E-state index in [1.54, 1.807) is 6.20 Å².